The first kappa shape index (κ1) is 19.6. The Hall–Kier alpha value is -4.33. The highest BCUT2D eigenvalue weighted by Gasteiger charge is 2.12. The van der Waals surface area contributed by atoms with E-state index in [9.17, 15) is 14.0 Å². The third-order valence-electron chi connectivity index (χ3n) is 5.21. The number of carbonyl (C=O) groups is 1. The number of rotatable bonds is 4. The summed E-state index contributed by atoms with van der Waals surface area (Å²) in [5.41, 5.74) is 2.91. The molecule has 7 nitrogen and oxygen atoms in total. The number of hydrogen-bond donors (Lipinski definition) is 2. The molecule has 0 saturated heterocycles. The number of aryl methyl sites for hydroxylation is 1. The van der Waals surface area contributed by atoms with E-state index >= 15 is 0 Å². The maximum atomic E-state index is 13.5. The summed E-state index contributed by atoms with van der Waals surface area (Å²) in [7, 11) is 0. The van der Waals surface area contributed by atoms with Crippen LogP contribution in [0.5, 0.6) is 0 Å². The molecule has 2 heterocycles. The van der Waals surface area contributed by atoms with Gasteiger partial charge in [0.05, 0.1) is 22.1 Å². The number of anilines is 1. The number of amides is 1. The number of fused-ring (bicyclic) bond motifs is 2. The van der Waals surface area contributed by atoms with Crippen LogP contribution in [-0.2, 0) is 11.3 Å². The van der Waals surface area contributed by atoms with Crippen molar-refractivity contribution in [2.24, 2.45) is 0 Å². The SMILES string of the molecule is Cc1nn(CC(=O)Nc2ccc3nc(-c4cccc(F)c4)[nH]c3c2)c(=O)c2ccccc12. The molecule has 0 aliphatic rings. The number of nitrogens with one attached hydrogen (secondary N) is 2. The Bertz CT molecular complexity index is 1550. The predicted molar refractivity (Wildman–Crippen MR) is 121 cm³/mol. The topological polar surface area (TPSA) is 92.7 Å². The van der Waals surface area contributed by atoms with Crippen LogP contribution in [0, 0.1) is 12.7 Å². The van der Waals surface area contributed by atoms with Gasteiger partial charge >= 0.3 is 0 Å². The minimum atomic E-state index is -0.376. The van der Waals surface area contributed by atoms with E-state index in [1.165, 1.54) is 16.8 Å². The van der Waals surface area contributed by atoms with Gasteiger partial charge in [-0.3, -0.25) is 9.59 Å². The largest absolute Gasteiger partial charge is 0.338 e. The summed E-state index contributed by atoms with van der Waals surface area (Å²) >= 11 is 0. The molecular formula is C24H18FN5O2. The molecule has 8 heteroatoms. The number of imidazole rings is 1. The van der Waals surface area contributed by atoms with E-state index in [4.69, 9.17) is 0 Å². The fourth-order valence-corrected chi connectivity index (χ4v) is 3.71. The highest BCUT2D eigenvalue weighted by atomic mass is 19.1. The molecule has 0 radical (unpaired) electrons. The van der Waals surface area contributed by atoms with Crippen molar-refractivity contribution in [2.75, 3.05) is 5.32 Å². The fraction of sp³-hybridized carbons (Fsp3) is 0.0833. The smallest absolute Gasteiger partial charge is 0.275 e. The number of aromatic nitrogens is 4. The average molecular weight is 427 g/mol. The maximum absolute atomic E-state index is 13.5. The Kier molecular flexibility index (Phi) is 4.74. The summed E-state index contributed by atoms with van der Waals surface area (Å²) in [6, 6.07) is 18.6. The number of halogens is 1. The monoisotopic (exact) mass is 427 g/mol. The Balaban J connectivity index is 1.39. The van der Waals surface area contributed by atoms with Gasteiger partial charge in [-0.05, 0) is 43.3 Å². The van der Waals surface area contributed by atoms with E-state index in [0.29, 0.717) is 39.2 Å². The molecule has 0 bridgehead atoms. The van der Waals surface area contributed by atoms with Gasteiger partial charge in [-0.25, -0.2) is 14.1 Å². The van der Waals surface area contributed by atoms with Crippen molar-refractivity contribution in [3.63, 3.8) is 0 Å². The number of benzene rings is 3. The summed E-state index contributed by atoms with van der Waals surface area (Å²) in [6.07, 6.45) is 0. The van der Waals surface area contributed by atoms with Crippen LogP contribution in [0.3, 0.4) is 0 Å². The lowest BCUT2D eigenvalue weighted by molar-refractivity contribution is -0.117. The molecule has 0 saturated carbocycles. The summed E-state index contributed by atoms with van der Waals surface area (Å²) < 4.78 is 14.7. The number of nitrogens with zero attached hydrogens (tertiary/aromatic N) is 3. The first-order valence-corrected chi connectivity index (χ1v) is 10.00. The molecular weight excluding hydrogens is 409 g/mol. The van der Waals surface area contributed by atoms with Gasteiger partial charge in [-0.2, -0.15) is 5.10 Å². The highest BCUT2D eigenvalue weighted by molar-refractivity contribution is 5.93. The number of hydrogen-bond acceptors (Lipinski definition) is 4. The molecule has 0 fully saturated rings. The van der Waals surface area contributed by atoms with Crippen molar-refractivity contribution in [3.8, 4) is 11.4 Å². The van der Waals surface area contributed by atoms with Gasteiger partial charge in [-0.15, -0.1) is 0 Å². The van der Waals surface area contributed by atoms with Crippen LogP contribution < -0.4 is 10.9 Å². The van der Waals surface area contributed by atoms with Gasteiger partial charge in [0.15, 0.2) is 0 Å². The molecule has 0 aliphatic carbocycles. The van der Waals surface area contributed by atoms with Crippen molar-refractivity contribution in [1.29, 1.82) is 0 Å². The zero-order valence-corrected chi connectivity index (χ0v) is 17.1. The van der Waals surface area contributed by atoms with E-state index in [2.05, 4.69) is 20.4 Å². The average Bonchev–Trinajstić information content (AvgIpc) is 3.21. The van der Waals surface area contributed by atoms with Crippen molar-refractivity contribution in [1.82, 2.24) is 19.7 Å². The normalized spacial score (nSPS) is 11.2. The van der Waals surface area contributed by atoms with Crippen molar-refractivity contribution in [3.05, 3.63) is 88.6 Å². The second kappa shape index (κ2) is 7.73. The number of H-pyrrole nitrogens is 1. The zero-order valence-electron chi connectivity index (χ0n) is 17.1. The summed E-state index contributed by atoms with van der Waals surface area (Å²) in [6.45, 7) is 1.60. The van der Waals surface area contributed by atoms with Crippen LogP contribution in [0.25, 0.3) is 33.2 Å². The summed E-state index contributed by atoms with van der Waals surface area (Å²) in [5, 5.41) is 8.36. The van der Waals surface area contributed by atoms with E-state index in [0.717, 1.165) is 5.39 Å². The molecule has 5 rings (SSSR count). The minimum Gasteiger partial charge on any atom is -0.338 e. The van der Waals surface area contributed by atoms with E-state index in [-0.39, 0.29) is 23.8 Å². The Morgan fingerprint density at radius 3 is 2.69 bits per heavy atom. The third-order valence-corrected chi connectivity index (χ3v) is 5.21. The minimum absolute atomic E-state index is 0.208. The molecule has 2 aromatic heterocycles. The molecule has 1 amide bonds. The lowest BCUT2D eigenvalue weighted by Crippen LogP contribution is -2.30. The van der Waals surface area contributed by atoms with Gasteiger partial charge in [-0.1, -0.05) is 30.3 Å². The number of aromatic amines is 1. The molecule has 5 aromatic rings. The predicted octanol–water partition coefficient (Wildman–Crippen LogP) is 4.03. The third kappa shape index (κ3) is 3.62. The van der Waals surface area contributed by atoms with E-state index < -0.39 is 0 Å². The van der Waals surface area contributed by atoms with Crippen LogP contribution in [-0.4, -0.2) is 25.7 Å². The second-order valence-electron chi connectivity index (χ2n) is 7.47. The van der Waals surface area contributed by atoms with Gasteiger partial charge in [0, 0.05) is 16.6 Å². The molecule has 0 atom stereocenters. The molecule has 32 heavy (non-hydrogen) atoms. The van der Waals surface area contributed by atoms with Crippen molar-refractivity contribution < 1.29 is 9.18 Å². The molecule has 0 aliphatic heterocycles. The zero-order chi connectivity index (χ0) is 22.2. The second-order valence-corrected chi connectivity index (χ2v) is 7.47. The van der Waals surface area contributed by atoms with Crippen LogP contribution in [0.2, 0.25) is 0 Å². The Labute approximate surface area is 181 Å². The van der Waals surface area contributed by atoms with Gasteiger partial charge in [0.2, 0.25) is 5.91 Å². The molecule has 3 aromatic carbocycles. The van der Waals surface area contributed by atoms with Gasteiger partial charge in [0.25, 0.3) is 5.56 Å². The van der Waals surface area contributed by atoms with Gasteiger partial charge in [0.1, 0.15) is 18.2 Å². The molecule has 0 spiro atoms. The molecule has 2 N–H and O–H groups in total. The summed E-state index contributed by atoms with van der Waals surface area (Å²) in [4.78, 5) is 32.9. The van der Waals surface area contributed by atoms with Crippen LogP contribution >= 0.6 is 0 Å². The van der Waals surface area contributed by atoms with E-state index in [1.54, 1.807) is 49.4 Å². The lowest BCUT2D eigenvalue weighted by Gasteiger charge is -2.09. The van der Waals surface area contributed by atoms with Gasteiger partial charge < -0.3 is 10.3 Å². The standard InChI is InChI=1S/C24H18FN5O2/c1-14-18-7-2-3-8-19(18)24(32)30(29-14)13-22(31)26-17-9-10-20-21(12-17)28-23(27-20)15-5-4-6-16(25)11-15/h2-12H,13H2,1H3,(H,26,31)(H,27,28). The van der Waals surface area contributed by atoms with Crippen LogP contribution in [0.4, 0.5) is 10.1 Å². The van der Waals surface area contributed by atoms with Crippen molar-refractivity contribution >= 4 is 33.4 Å². The lowest BCUT2D eigenvalue weighted by atomic mass is 10.1. The number of carbonyl (C=O) groups excluding carboxylic acids is 1. The molecule has 0 unspecified atom stereocenters. The first-order chi connectivity index (χ1) is 15.5. The quantitative estimate of drug-likeness (QED) is 0.453. The molecule has 158 valence electrons. The van der Waals surface area contributed by atoms with E-state index in [1.807, 2.05) is 12.1 Å². The Morgan fingerprint density at radius 2 is 1.88 bits per heavy atom. The summed E-state index contributed by atoms with van der Waals surface area (Å²) in [5.74, 6) is -0.187. The fourth-order valence-electron chi connectivity index (χ4n) is 3.71. The first-order valence-electron chi connectivity index (χ1n) is 10.00. The maximum Gasteiger partial charge on any atom is 0.275 e. The van der Waals surface area contributed by atoms with Crippen molar-refractivity contribution in [2.45, 2.75) is 13.5 Å². The van der Waals surface area contributed by atoms with Crippen LogP contribution in [0.1, 0.15) is 5.69 Å². The highest BCUT2D eigenvalue weighted by Crippen LogP contribution is 2.23. The Morgan fingerprint density at radius 1 is 1.06 bits per heavy atom. The van der Waals surface area contributed by atoms with Crippen LogP contribution in [0.15, 0.2) is 71.5 Å².